The van der Waals surface area contributed by atoms with Gasteiger partial charge in [0.2, 0.25) is 0 Å². The first kappa shape index (κ1) is 12.4. The summed E-state index contributed by atoms with van der Waals surface area (Å²) in [6.45, 7) is 2.62. The van der Waals surface area contributed by atoms with E-state index in [4.69, 9.17) is 4.84 Å². The molecule has 0 amide bonds. The van der Waals surface area contributed by atoms with Gasteiger partial charge in [-0.05, 0) is 17.5 Å². The van der Waals surface area contributed by atoms with Gasteiger partial charge in [-0.3, -0.25) is 0 Å². The highest BCUT2D eigenvalue weighted by Crippen LogP contribution is 2.06. The van der Waals surface area contributed by atoms with Crippen LogP contribution < -0.4 is 0 Å². The van der Waals surface area contributed by atoms with Crippen LogP contribution in [0.2, 0.25) is 0 Å². The Labute approximate surface area is 108 Å². The molecule has 0 aromatic heterocycles. The molecule has 0 atom stereocenters. The quantitative estimate of drug-likeness (QED) is 0.575. The molecule has 0 fully saturated rings. The van der Waals surface area contributed by atoms with Crippen LogP contribution in [0.25, 0.3) is 0 Å². The van der Waals surface area contributed by atoms with E-state index in [-0.39, 0.29) is 0 Å². The predicted octanol–water partition coefficient (Wildman–Crippen LogP) is 3.68. The number of nitrogens with zero attached hydrogens (tertiary/aromatic N) is 1. The number of hydrogen-bond acceptors (Lipinski definition) is 2. The van der Waals surface area contributed by atoms with Gasteiger partial charge in [0.25, 0.3) is 0 Å². The Kier molecular flexibility index (Phi) is 4.53. The summed E-state index contributed by atoms with van der Waals surface area (Å²) in [6, 6.07) is 18.1. The molecule has 2 rings (SSSR count). The highest BCUT2D eigenvalue weighted by Gasteiger charge is 1.93. The summed E-state index contributed by atoms with van der Waals surface area (Å²) < 4.78 is 0. The van der Waals surface area contributed by atoms with E-state index in [1.807, 2.05) is 30.3 Å². The highest BCUT2D eigenvalue weighted by atomic mass is 16.6. The first-order valence-corrected chi connectivity index (χ1v) is 6.09. The van der Waals surface area contributed by atoms with Crippen LogP contribution in [0, 0.1) is 0 Å². The minimum atomic E-state index is 0.476. The molecule has 0 bridgehead atoms. The SMILES string of the molecule is CCc1ccc(CO/N=[C]\c2ccccc2)cc1. The van der Waals surface area contributed by atoms with Crippen molar-refractivity contribution in [1.29, 1.82) is 0 Å². The summed E-state index contributed by atoms with van der Waals surface area (Å²) in [5.74, 6) is 0. The molecule has 91 valence electrons. The van der Waals surface area contributed by atoms with Crippen LogP contribution in [0.4, 0.5) is 0 Å². The Balaban J connectivity index is 1.83. The Morgan fingerprint density at radius 3 is 2.28 bits per heavy atom. The van der Waals surface area contributed by atoms with Crippen molar-refractivity contribution in [3.05, 3.63) is 71.3 Å². The van der Waals surface area contributed by atoms with E-state index in [1.54, 1.807) is 0 Å². The lowest BCUT2D eigenvalue weighted by molar-refractivity contribution is 0.132. The smallest absolute Gasteiger partial charge is 0.142 e. The third kappa shape index (κ3) is 3.74. The fraction of sp³-hybridized carbons (Fsp3) is 0.188. The molecule has 0 saturated carbocycles. The highest BCUT2D eigenvalue weighted by molar-refractivity contribution is 5.78. The van der Waals surface area contributed by atoms with E-state index in [2.05, 4.69) is 42.6 Å². The third-order valence-electron chi connectivity index (χ3n) is 2.68. The number of aryl methyl sites for hydroxylation is 1. The monoisotopic (exact) mass is 238 g/mol. The van der Waals surface area contributed by atoms with Gasteiger partial charge in [-0.1, -0.05) is 66.7 Å². The van der Waals surface area contributed by atoms with Crippen LogP contribution in [-0.2, 0) is 17.9 Å². The van der Waals surface area contributed by atoms with Crippen LogP contribution in [-0.4, -0.2) is 6.21 Å². The minimum absolute atomic E-state index is 0.476. The zero-order chi connectivity index (χ0) is 12.6. The van der Waals surface area contributed by atoms with E-state index in [0.29, 0.717) is 6.61 Å². The predicted molar refractivity (Wildman–Crippen MR) is 73.6 cm³/mol. The zero-order valence-electron chi connectivity index (χ0n) is 10.5. The van der Waals surface area contributed by atoms with Gasteiger partial charge >= 0.3 is 0 Å². The standard InChI is InChI=1S/C16H16NO/c1-2-14-8-10-16(11-9-14)13-18-17-12-15-6-4-3-5-7-15/h3-11H,2,13H2,1H3. The van der Waals surface area contributed by atoms with Gasteiger partial charge in [-0.15, -0.1) is 0 Å². The summed E-state index contributed by atoms with van der Waals surface area (Å²) in [4.78, 5) is 5.21. The van der Waals surface area contributed by atoms with Crippen LogP contribution in [0.15, 0.2) is 59.8 Å². The number of hydrogen-bond donors (Lipinski definition) is 0. The Morgan fingerprint density at radius 2 is 1.61 bits per heavy atom. The van der Waals surface area contributed by atoms with Gasteiger partial charge in [0, 0.05) is 5.56 Å². The normalized spacial score (nSPS) is 10.7. The summed E-state index contributed by atoms with van der Waals surface area (Å²) in [7, 11) is 0. The van der Waals surface area contributed by atoms with Gasteiger partial charge in [0.05, 0.1) is 0 Å². The molecular weight excluding hydrogens is 222 g/mol. The van der Waals surface area contributed by atoms with E-state index >= 15 is 0 Å². The summed E-state index contributed by atoms with van der Waals surface area (Å²) in [5, 5.41) is 3.83. The molecule has 0 aliphatic rings. The molecule has 1 radical (unpaired) electrons. The lowest BCUT2D eigenvalue weighted by Crippen LogP contribution is -1.89. The Bertz CT molecular complexity index is 488. The molecule has 0 aliphatic heterocycles. The fourth-order valence-electron chi connectivity index (χ4n) is 1.58. The van der Waals surface area contributed by atoms with Gasteiger partial charge < -0.3 is 4.84 Å². The van der Waals surface area contributed by atoms with Crippen LogP contribution in [0.5, 0.6) is 0 Å². The van der Waals surface area contributed by atoms with E-state index in [0.717, 1.165) is 17.5 Å². The van der Waals surface area contributed by atoms with E-state index in [1.165, 1.54) is 5.56 Å². The van der Waals surface area contributed by atoms with Crippen molar-refractivity contribution in [2.45, 2.75) is 20.0 Å². The van der Waals surface area contributed by atoms with Gasteiger partial charge in [0.15, 0.2) is 0 Å². The second-order valence-electron chi connectivity index (χ2n) is 4.01. The van der Waals surface area contributed by atoms with Crippen molar-refractivity contribution in [3.63, 3.8) is 0 Å². The van der Waals surface area contributed by atoms with Crippen molar-refractivity contribution in [1.82, 2.24) is 0 Å². The van der Waals surface area contributed by atoms with Crippen molar-refractivity contribution in [2.75, 3.05) is 0 Å². The molecule has 2 aromatic carbocycles. The molecule has 0 aliphatic carbocycles. The first-order valence-electron chi connectivity index (χ1n) is 6.09. The molecule has 2 aromatic rings. The van der Waals surface area contributed by atoms with Crippen molar-refractivity contribution >= 4 is 6.21 Å². The van der Waals surface area contributed by atoms with Gasteiger partial charge in [-0.25, -0.2) is 0 Å². The maximum atomic E-state index is 5.21. The average molecular weight is 238 g/mol. The fourth-order valence-corrected chi connectivity index (χ4v) is 1.58. The lowest BCUT2D eigenvalue weighted by Gasteiger charge is -2.01. The molecular formula is C16H16NO. The topological polar surface area (TPSA) is 21.6 Å². The Morgan fingerprint density at radius 1 is 0.944 bits per heavy atom. The summed E-state index contributed by atoms with van der Waals surface area (Å²) in [5.41, 5.74) is 3.36. The molecule has 18 heavy (non-hydrogen) atoms. The molecule has 0 saturated heterocycles. The van der Waals surface area contributed by atoms with Gasteiger partial charge in [0.1, 0.15) is 12.8 Å². The molecule has 0 spiro atoms. The first-order chi connectivity index (χ1) is 8.88. The molecule has 2 heteroatoms. The minimum Gasteiger partial charge on any atom is -0.390 e. The van der Waals surface area contributed by atoms with E-state index in [9.17, 15) is 0 Å². The van der Waals surface area contributed by atoms with Crippen LogP contribution >= 0.6 is 0 Å². The van der Waals surface area contributed by atoms with Gasteiger partial charge in [-0.2, -0.15) is 0 Å². The second-order valence-corrected chi connectivity index (χ2v) is 4.01. The van der Waals surface area contributed by atoms with Crippen LogP contribution in [0.3, 0.4) is 0 Å². The maximum absolute atomic E-state index is 5.21. The van der Waals surface area contributed by atoms with Crippen molar-refractivity contribution in [2.24, 2.45) is 5.16 Å². The molecule has 0 unspecified atom stereocenters. The van der Waals surface area contributed by atoms with Crippen molar-refractivity contribution in [3.8, 4) is 0 Å². The average Bonchev–Trinajstić information content (AvgIpc) is 2.45. The number of rotatable bonds is 5. The Hall–Kier alpha value is -2.09. The molecule has 0 N–H and O–H groups in total. The molecule has 2 nitrogen and oxygen atoms in total. The van der Waals surface area contributed by atoms with Crippen LogP contribution in [0.1, 0.15) is 23.6 Å². The lowest BCUT2D eigenvalue weighted by atomic mass is 10.1. The summed E-state index contributed by atoms with van der Waals surface area (Å²) >= 11 is 0. The number of benzene rings is 2. The third-order valence-corrected chi connectivity index (χ3v) is 2.68. The summed E-state index contributed by atoms with van der Waals surface area (Å²) in [6.07, 6.45) is 3.90. The van der Waals surface area contributed by atoms with E-state index < -0.39 is 0 Å². The zero-order valence-corrected chi connectivity index (χ0v) is 10.5. The molecule has 0 heterocycles. The maximum Gasteiger partial charge on any atom is 0.142 e. The second kappa shape index (κ2) is 6.60. The largest absolute Gasteiger partial charge is 0.390 e. The van der Waals surface area contributed by atoms with Crippen molar-refractivity contribution < 1.29 is 4.84 Å².